The highest BCUT2D eigenvalue weighted by Crippen LogP contribution is 2.27. The summed E-state index contributed by atoms with van der Waals surface area (Å²) in [5.41, 5.74) is 5.06. The molecule has 0 radical (unpaired) electrons. The molecule has 0 aromatic heterocycles. The summed E-state index contributed by atoms with van der Waals surface area (Å²) in [4.78, 5) is 25.6. The molecule has 3 aromatic rings. The molecule has 1 heterocycles. The van der Waals surface area contributed by atoms with Gasteiger partial charge in [-0.05, 0) is 48.5 Å². The van der Waals surface area contributed by atoms with E-state index in [-0.39, 0.29) is 11.8 Å². The number of hydrogen-bond donors (Lipinski definition) is 2. The summed E-state index contributed by atoms with van der Waals surface area (Å²) in [6.45, 7) is 0. The molecule has 156 valence electrons. The van der Waals surface area contributed by atoms with E-state index in [1.807, 2.05) is 48.7 Å². The van der Waals surface area contributed by atoms with Gasteiger partial charge in [-0.2, -0.15) is 0 Å². The lowest BCUT2D eigenvalue weighted by Crippen LogP contribution is -2.42. The Morgan fingerprint density at radius 2 is 1.71 bits per heavy atom. The van der Waals surface area contributed by atoms with E-state index < -0.39 is 12.1 Å². The smallest absolute Gasteiger partial charge is 0.304 e. The second kappa shape index (κ2) is 9.02. The van der Waals surface area contributed by atoms with Crippen molar-refractivity contribution < 1.29 is 19.0 Å². The number of amides is 2. The third kappa shape index (κ3) is 4.59. The van der Waals surface area contributed by atoms with Crippen molar-refractivity contribution in [2.75, 3.05) is 7.11 Å². The maximum absolute atomic E-state index is 12.9. The van der Waals surface area contributed by atoms with Gasteiger partial charge < -0.3 is 10.1 Å². The standard InChI is InChI=1S/C24H20ClN3O3/c1-31-20-13-7-16(8-14-20)15-28-22(17-9-11-19(25)12-10-17)21(24(30)27-28)26-23(29)18-5-3-2-4-6-18/h2-15,21-22H,1H3,(H-,26,27,29,30)/p+1/b28-15-/t21-,22+/m1/s1. The molecule has 0 bridgehead atoms. The molecule has 1 fully saturated rings. The third-order valence-electron chi connectivity index (χ3n) is 5.08. The summed E-state index contributed by atoms with van der Waals surface area (Å²) in [6, 6.07) is 22.3. The van der Waals surface area contributed by atoms with Gasteiger partial charge in [-0.1, -0.05) is 41.9 Å². The maximum Gasteiger partial charge on any atom is 0.304 e. The number of nitrogens with zero attached hydrogens (tertiary/aromatic N) is 1. The second-order valence-corrected chi connectivity index (χ2v) is 7.54. The zero-order valence-electron chi connectivity index (χ0n) is 16.8. The van der Waals surface area contributed by atoms with Crippen molar-refractivity contribution in [2.24, 2.45) is 0 Å². The van der Waals surface area contributed by atoms with Crippen LogP contribution in [0.1, 0.15) is 27.5 Å². The zero-order chi connectivity index (χ0) is 21.8. The molecule has 0 saturated carbocycles. The summed E-state index contributed by atoms with van der Waals surface area (Å²) in [5, 5.41) is 3.47. The number of hydrazine groups is 1. The Kier molecular flexibility index (Phi) is 6.00. The Labute approximate surface area is 185 Å². The SMILES string of the molecule is COc1ccc(/C=[N+]2\NC(=O)[C@H](NC(=O)c3ccccc3)[C@@H]2c2ccc(Cl)cc2)cc1. The molecular formula is C24H21ClN3O3+. The van der Waals surface area contributed by atoms with Crippen LogP contribution < -0.4 is 15.5 Å². The van der Waals surface area contributed by atoms with Crippen LogP contribution in [0.4, 0.5) is 0 Å². The van der Waals surface area contributed by atoms with Gasteiger partial charge in [0.15, 0.2) is 6.04 Å². The van der Waals surface area contributed by atoms with Gasteiger partial charge in [-0.25, -0.2) is 0 Å². The Bertz CT molecular complexity index is 1110. The van der Waals surface area contributed by atoms with Crippen molar-refractivity contribution in [1.29, 1.82) is 0 Å². The number of hydrogen-bond acceptors (Lipinski definition) is 3. The van der Waals surface area contributed by atoms with E-state index in [0.29, 0.717) is 10.6 Å². The minimum atomic E-state index is -0.789. The topological polar surface area (TPSA) is 70.4 Å². The average molecular weight is 435 g/mol. The van der Waals surface area contributed by atoms with Crippen molar-refractivity contribution >= 4 is 29.6 Å². The number of nitrogens with one attached hydrogen (secondary N) is 2. The molecule has 31 heavy (non-hydrogen) atoms. The number of carbonyl (C=O) groups is 2. The predicted molar refractivity (Wildman–Crippen MR) is 118 cm³/mol. The Morgan fingerprint density at radius 3 is 2.35 bits per heavy atom. The minimum absolute atomic E-state index is 0.297. The van der Waals surface area contributed by atoms with Crippen LogP contribution in [0, 0.1) is 0 Å². The van der Waals surface area contributed by atoms with E-state index in [9.17, 15) is 9.59 Å². The van der Waals surface area contributed by atoms with Gasteiger partial charge in [-0.3, -0.25) is 9.59 Å². The molecule has 2 atom stereocenters. The second-order valence-electron chi connectivity index (χ2n) is 7.10. The fraction of sp³-hybridized carbons (Fsp3) is 0.125. The number of carbonyl (C=O) groups excluding carboxylic acids is 2. The van der Waals surface area contributed by atoms with Crippen LogP contribution in [-0.4, -0.2) is 35.9 Å². The molecule has 6 nitrogen and oxygen atoms in total. The van der Waals surface area contributed by atoms with Crippen LogP contribution in [0.3, 0.4) is 0 Å². The van der Waals surface area contributed by atoms with Crippen LogP contribution in [0.15, 0.2) is 78.9 Å². The summed E-state index contributed by atoms with van der Waals surface area (Å²) in [5.74, 6) is 0.130. The number of methoxy groups -OCH3 is 1. The molecule has 1 aliphatic heterocycles. The van der Waals surface area contributed by atoms with Gasteiger partial charge in [0.25, 0.3) is 5.91 Å². The first-order valence-corrected chi connectivity index (χ1v) is 10.1. The first kappa shape index (κ1) is 20.6. The maximum atomic E-state index is 12.9. The molecule has 2 amide bonds. The first-order chi connectivity index (χ1) is 15.0. The van der Waals surface area contributed by atoms with E-state index in [4.69, 9.17) is 16.3 Å². The quantitative estimate of drug-likeness (QED) is 0.605. The lowest BCUT2D eigenvalue weighted by atomic mass is 10.00. The third-order valence-corrected chi connectivity index (χ3v) is 5.33. The van der Waals surface area contributed by atoms with Crippen LogP contribution >= 0.6 is 11.6 Å². The summed E-state index contributed by atoms with van der Waals surface area (Å²) in [6.07, 6.45) is 1.82. The molecule has 1 saturated heterocycles. The highest BCUT2D eigenvalue weighted by Gasteiger charge is 2.47. The van der Waals surface area contributed by atoms with Crippen molar-refractivity contribution in [3.05, 3.63) is 101 Å². The predicted octanol–water partition coefficient (Wildman–Crippen LogP) is 3.36. The molecule has 0 spiro atoms. The summed E-state index contributed by atoms with van der Waals surface area (Å²) in [7, 11) is 1.61. The number of benzene rings is 3. The summed E-state index contributed by atoms with van der Waals surface area (Å²) >= 11 is 6.06. The van der Waals surface area contributed by atoms with Crippen molar-refractivity contribution in [3.8, 4) is 5.75 Å². The molecule has 4 rings (SSSR count). The lowest BCUT2D eigenvalue weighted by Gasteiger charge is -2.15. The van der Waals surface area contributed by atoms with Gasteiger partial charge >= 0.3 is 5.91 Å². The molecular weight excluding hydrogens is 414 g/mol. The van der Waals surface area contributed by atoms with Crippen LogP contribution in [0.5, 0.6) is 5.75 Å². The minimum Gasteiger partial charge on any atom is -0.497 e. The van der Waals surface area contributed by atoms with Crippen LogP contribution in [0.25, 0.3) is 0 Å². The first-order valence-electron chi connectivity index (χ1n) is 9.74. The van der Waals surface area contributed by atoms with E-state index >= 15 is 0 Å². The van der Waals surface area contributed by atoms with Gasteiger partial charge in [0.1, 0.15) is 5.75 Å². The molecule has 0 unspecified atom stereocenters. The zero-order valence-corrected chi connectivity index (χ0v) is 17.5. The Hall–Kier alpha value is -3.64. The monoisotopic (exact) mass is 434 g/mol. The molecule has 1 aliphatic rings. The molecule has 7 heteroatoms. The van der Waals surface area contributed by atoms with Crippen molar-refractivity contribution in [1.82, 2.24) is 10.7 Å². The van der Waals surface area contributed by atoms with Crippen molar-refractivity contribution in [3.63, 3.8) is 0 Å². The molecule has 0 aliphatic carbocycles. The van der Waals surface area contributed by atoms with E-state index in [1.165, 1.54) is 0 Å². The van der Waals surface area contributed by atoms with Crippen LogP contribution in [-0.2, 0) is 4.79 Å². The van der Waals surface area contributed by atoms with Crippen LogP contribution in [0.2, 0.25) is 5.02 Å². The largest absolute Gasteiger partial charge is 0.497 e. The van der Waals surface area contributed by atoms with Gasteiger partial charge in [0, 0.05) is 21.7 Å². The molecule has 3 aromatic carbocycles. The normalized spacial score (nSPS) is 19.2. The fourth-order valence-corrected chi connectivity index (χ4v) is 3.63. The highest BCUT2D eigenvalue weighted by molar-refractivity contribution is 6.30. The van der Waals surface area contributed by atoms with Gasteiger partial charge in [0.2, 0.25) is 12.3 Å². The Morgan fingerprint density at radius 1 is 1.03 bits per heavy atom. The fourth-order valence-electron chi connectivity index (χ4n) is 3.51. The summed E-state index contributed by atoms with van der Waals surface area (Å²) < 4.78 is 6.92. The van der Waals surface area contributed by atoms with E-state index in [2.05, 4.69) is 10.7 Å². The molecule has 2 N–H and O–H groups in total. The lowest BCUT2D eigenvalue weighted by molar-refractivity contribution is -0.596. The average Bonchev–Trinajstić information content (AvgIpc) is 3.10. The van der Waals surface area contributed by atoms with Gasteiger partial charge in [0.05, 0.1) is 7.11 Å². The number of hydrazone groups is 1. The highest BCUT2D eigenvalue weighted by atomic mass is 35.5. The number of ether oxygens (including phenoxy) is 1. The Balaban J connectivity index is 1.69. The van der Waals surface area contributed by atoms with E-state index in [0.717, 1.165) is 16.9 Å². The van der Waals surface area contributed by atoms with E-state index in [1.54, 1.807) is 48.2 Å². The number of halogens is 1. The van der Waals surface area contributed by atoms with Crippen molar-refractivity contribution in [2.45, 2.75) is 12.1 Å². The number of rotatable bonds is 5. The van der Waals surface area contributed by atoms with Gasteiger partial charge in [-0.15, -0.1) is 10.1 Å².